The van der Waals surface area contributed by atoms with E-state index in [-0.39, 0.29) is 28.1 Å². The third-order valence-corrected chi connectivity index (χ3v) is 5.13. The van der Waals surface area contributed by atoms with Crippen molar-refractivity contribution in [2.24, 2.45) is 0 Å². The topological polar surface area (TPSA) is 49.4 Å². The van der Waals surface area contributed by atoms with Gasteiger partial charge in [-0.3, -0.25) is 9.59 Å². The summed E-state index contributed by atoms with van der Waals surface area (Å²) in [6, 6.07) is 8.96. The van der Waals surface area contributed by atoms with Gasteiger partial charge in [0.05, 0.1) is 32.2 Å². The zero-order valence-electron chi connectivity index (χ0n) is 12.0. The average molecular weight is 404 g/mol. The van der Waals surface area contributed by atoms with E-state index in [4.69, 9.17) is 46.4 Å². The molecule has 0 unspecified atom stereocenters. The van der Waals surface area contributed by atoms with E-state index in [1.807, 2.05) is 0 Å². The molecule has 1 aliphatic rings. The summed E-state index contributed by atoms with van der Waals surface area (Å²) in [5, 5.41) is 4.19. The van der Waals surface area contributed by atoms with Gasteiger partial charge in [0, 0.05) is 5.69 Å². The van der Waals surface area contributed by atoms with E-state index in [1.165, 1.54) is 0 Å². The number of benzene rings is 2. The summed E-state index contributed by atoms with van der Waals surface area (Å²) in [6.07, 6.45) is 0.00191. The lowest BCUT2D eigenvalue weighted by atomic mass is 10.2. The highest BCUT2D eigenvalue weighted by atomic mass is 35.5. The van der Waals surface area contributed by atoms with Crippen LogP contribution in [0.4, 0.5) is 11.4 Å². The standard InChI is InChI=1S/C16H10Cl4N2O2/c17-9-5-4-8(6-11(9)19)21-12-7-14(23)22(16(12)24)13-3-1-2-10(18)15(13)20/h1-6,12,21H,7H2/t12-/m0/s1. The van der Waals surface area contributed by atoms with Crippen molar-refractivity contribution in [1.29, 1.82) is 0 Å². The summed E-state index contributed by atoms with van der Waals surface area (Å²) in [5.41, 5.74) is 0.868. The molecule has 0 saturated carbocycles. The monoisotopic (exact) mass is 402 g/mol. The molecule has 1 aliphatic heterocycles. The van der Waals surface area contributed by atoms with Crippen LogP contribution in [0.1, 0.15) is 6.42 Å². The Labute approximate surface area is 158 Å². The van der Waals surface area contributed by atoms with Crippen LogP contribution in [0.2, 0.25) is 20.1 Å². The predicted molar refractivity (Wildman–Crippen MR) is 97.4 cm³/mol. The van der Waals surface area contributed by atoms with Crippen LogP contribution in [-0.2, 0) is 9.59 Å². The minimum absolute atomic E-state index is 0.00191. The number of carbonyl (C=O) groups is 2. The molecule has 0 spiro atoms. The van der Waals surface area contributed by atoms with Crippen molar-refractivity contribution < 1.29 is 9.59 Å². The number of anilines is 2. The Balaban J connectivity index is 1.86. The van der Waals surface area contributed by atoms with Crippen molar-refractivity contribution in [3.63, 3.8) is 0 Å². The third-order valence-electron chi connectivity index (χ3n) is 3.58. The van der Waals surface area contributed by atoms with Gasteiger partial charge >= 0.3 is 0 Å². The fourth-order valence-electron chi connectivity index (χ4n) is 2.45. The van der Waals surface area contributed by atoms with Crippen LogP contribution in [0.15, 0.2) is 36.4 Å². The molecular formula is C16H10Cl4N2O2. The van der Waals surface area contributed by atoms with Gasteiger partial charge in [0.25, 0.3) is 5.91 Å². The van der Waals surface area contributed by atoms with Crippen LogP contribution < -0.4 is 10.2 Å². The molecule has 1 fully saturated rings. The lowest BCUT2D eigenvalue weighted by molar-refractivity contribution is -0.121. The van der Waals surface area contributed by atoms with Crippen LogP contribution in [0.3, 0.4) is 0 Å². The number of imide groups is 1. The number of halogens is 4. The molecule has 4 nitrogen and oxygen atoms in total. The second kappa shape index (κ2) is 6.81. The molecule has 0 bridgehead atoms. The van der Waals surface area contributed by atoms with Gasteiger partial charge in [0.15, 0.2) is 0 Å². The van der Waals surface area contributed by atoms with Crippen LogP contribution in [-0.4, -0.2) is 17.9 Å². The average Bonchev–Trinajstić information content (AvgIpc) is 2.80. The van der Waals surface area contributed by atoms with Crippen LogP contribution >= 0.6 is 46.4 Å². The van der Waals surface area contributed by atoms with Crippen molar-refractivity contribution in [3.8, 4) is 0 Å². The maximum absolute atomic E-state index is 12.6. The number of nitrogens with one attached hydrogen (secondary N) is 1. The van der Waals surface area contributed by atoms with Crippen molar-refractivity contribution in [2.75, 3.05) is 10.2 Å². The molecule has 124 valence electrons. The minimum Gasteiger partial charge on any atom is -0.373 e. The summed E-state index contributed by atoms with van der Waals surface area (Å²) < 4.78 is 0. The lowest BCUT2D eigenvalue weighted by Gasteiger charge is -2.18. The van der Waals surface area contributed by atoms with E-state index in [0.29, 0.717) is 15.7 Å². The summed E-state index contributed by atoms with van der Waals surface area (Å²) in [5.74, 6) is -0.767. The molecule has 2 aromatic rings. The van der Waals surface area contributed by atoms with Crippen molar-refractivity contribution >= 4 is 69.6 Å². The van der Waals surface area contributed by atoms with Gasteiger partial charge in [-0.25, -0.2) is 4.90 Å². The fourth-order valence-corrected chi connectivity index (χ4v) is 3.13. The SMILES string of the molecule is O=C1C[C@H](Nc2ccc(Cl)c(Cl)c2)C(=O)N1c1cccc(Cl)c1Cl. The van der Waals surface area contributed by atoms with Gasteiger partial charge in [-0.15, -0.1) is 0 Å². The molecule has 0 aromatic heterocycles. The van der Waals surface area contributed by atoms with Gasteiger partial charge in [0.1, 0.15) is 6.04 Å². The number of rotatable bonds is 3. The van der Waals surface area contributed by atoms with Crippen molar-refractivity contribution in [3.05, 3.63) is 56.5 Å². The molecule has 2 aromatic carbocycles. The Morgan fingerprint density at radius 2 is 1.71 bits per heavy atom. The fraction of sp³-hybridized carbons (Fsp3) is 0.125. The third kappa shape index (κ3) is 3.20. The normalized spacial score (nSPS) is 17.5. The Morgan fingerprint density at radius 3 is 2.42 bits per heavy atom. The molecule has 3 rings (SSSR count). The predicted octanol–water partition coefficient (Wildman–Crippen LogP) is 5.04. The second-order valence-corrected chi connectivity index (χ2v) is 6.77. The molecule has 2 amide bonds. The van der Waals surface area contributed by atoms with Crippen LogP contribution in [0, 0.1) is 0 Å². The molecule has 1 N–H and O–H groups in total. The number of amides is 2. The smallest absolute Gasteiger partial charge is 0.256 e. The zero-order valence-corrected chi connectivity index (χ0v) is 15.0. The zero-order chi connectivity index (χ0) is 17.4. The molecule has 0 aliphatic carbocycles. The minimum atomic E-state index is -0.718. The molecule has 0 radical (unpaired) electrons. The summed E-state index contributed by atoms with van der Waals surface area (Å²) >= 11 is 23.9. The summed E-state index contributed by atoms with van der Waals surface area (Å²) in [7, 11) is 0. The highest BCUT2D eigenvalue weighted by Gasteiger charge is 2.40. The Kier molecular flexibility index (Phi) is 4.92. The van der Waals surface area contributed by atoms with Crippen molar-refractivity contribution in [1.82, 2.24) is 0 Å². The van der Waals surface area contributed by atoms with E-state index in [2.05, 4.69) is 5.32 Å². The Bertz CT molecular complexity index is 841. The van der Waals surface area contributed by atoms with Gasteiger partial charge in [-0.2, -0.15) is 0 Å². The van der Waals surface area contributed by atoms with Gasteiger partial charge in [-0.1, -0.05) is 52.5 Å². The quantitative estimate of drug-likeness (QED) is 0.730. The van der Waals surface area contributed by atoms with E-state index in [9.17, 15) is 9.59 Å². The maximum Gasteiger partial charge on any atom is 0.256 e. The van der Waals surface area contributed by atoms with Crippen molar-refractivity contribution in [2.45, 2.75) is 12.5 Å². The number of hydrogen-bond acceptors (Lipinski definition) is 3. The Morgan fingerprint density at radius 1 is 0.958 bits per heavy atom. The highest BCUT2D eigenvalue weighted by Crippen LogP contribution is 2.35. The molecule has 1 heterocycles. The van der Waals surface area contributed by atoms with Crippen LogP contribution in [0.5, 0.6) is 0 Å². The molecule has 1 saturated heterocycles. The van der Waals surface area contributed by atoms with Gasteiger partial charge < -0.3 is 5.32 Å². The number of nitrogens with zero attached hydrogens (tertiary/aromatic N) is 1. The second-order valence-electron chi connectivity index (χ2n) is 5.17. The molecular weight excluding hydrogens is 394 g/mol. The largest absolute Gasteiger partial charge is 0.373 e. The van der Waals surface area contributed by atoms with E-state index < -0.39 is 11.9 Å². The number of carbonyl (C=O) groups excluding carboxylic acids is 2. The first-order valence-electron chi connectivity index (χ1n) is 6.91. The first-order chi connectivity index (χ1) is 11.4. The first kappa shape index (κ1) is 17.4. The van der Waals surface area contributed by atoms with E-state index in [1.54, 1.807) is 36.4 Å². The Hall–Kier alpha value is -1.46. The highest BCUT2D eigenvalue weighted by molar-refractivity contribution is 6.45. The molecule has 24 heavy (non-hydrogen) atoms. The summed E-state index contributed by atoms with van der Waals surface area (Å²) in [4.78, 5) is 25.9. The van der Waals surface area contributed by atoms with Gasteiger partial charge in [0.2, 0.25) is 5.91 Å². The maximum atomic E-state index is 12.6. The summed E-state index contributed by atoms with van der Waals surface area (Å²) in [6.45, 7) is 0. The van der Waals surface area contributed by atoms with Gasteiger partial charge in [-0.05, 0) is 30.3 Å². The molecule has 8 heteroatoms. The number of hydrogen-bond donors (Lipinski definition) is 1. The lowest BCUT2D eigenvalue weighted by Crippen LogP contribution is -2.35. The van der Waals surface area contributed by atoms with E-state index in [0.717, 1.165) is 4.90 Å². The van der Waals surface area contributed by atoms with E-state index >= 15 is 0 Å². The van der Waals surface area contributed by atoms with Crippen LogP contribution in [0.25, 0.3) is 0 Å². The first-order valence-corrected chi connectivity index (χ1v) is 8.42. The molecule has 1 atom stereocenters.